The van der Waals surface area contributed by atoms with Gasteiger partial charge in [-0.1, -0.05) is 18.5 Å². The summed E-state index contributed by atoms with van der Waals surface area (Å²) < 4.78 is 5.65. The van der Waals surface area contributed by atoms with Crippen LogP contribution in [0.1, 0.15) is 18.2 Å². The van der Waals surface area contributed by atoms with Crippen molar-refractivity contribution in [1.82, 2.24) is 9.97 Å². The number of hydrazine groups is 1. The molecule has 2 rings (SSSR count). The fourth-order valence-electron chi connectivity index (χ4n) is 1.57. The van der Waals surface area contributed by atoms with Crippen molar-refractivity contribution in [3.8, 4) is 5.75 Å². The van der Waals surface area contributed by atoms with E-state index >= 15 is 0 Å². The summed E-state index contributed by atoms with van der Waals surface area (Å²) in [6, 6.07) is 5.61. The smallest absolute Gasteiger partial charge is 0.158 e. The highest BCUT2D eigenvalue weighted by Gasteiger charge is 2.02. The monoisotopic (exact) mass is 278 g/mol. The summed E-state index contributed by atoms with van der Waals surface area (Å²) >= 11 is 6.05. The van der Waals surface area contributed by atoms with Gasteiger partial charge in [-0.2, -0.15) is 0 Å². The van der Waals surface area contributed by atoms with Crippen LogP contribution in [0.15, 0.2) is 30.6 Å². The molecule has 0 saturated carbocycles. The first-order valence-electron chi connectivity index (χ1n) is 5.91. The average Bonchev–Trinajstić information content (AvgIpc) is 2.47. The Bertz CT molecular complexity index is 545. The number of ether oxygens (including phenoxy) is 1. The number of nitrogens with zero attached hydrogens (tertiary/aromatic N) is 2. The lowest BCUT2D eigenvalue weighted by Gasteiger charge is -2.08. The summed E-state index contributed by atoms with van der Waals surface area (Å²) in [5.74, 6) is 6.50. The zero-order chi connectivity index (χ0) is 13.7. The van der Waals surface area contributed by atoms with Crippen molar-refractivity contribution in [3.63, 3.8) is 0 Å². The molecule has 0 radical (unpaired) electrons. The number of nitrogens with two attached hydrogens (primary N) is 1. The molecule has 3 N–H and O–H groups in total. The van der Waals surface area contributed by atoms with E-state index in [1.165, 1.54) is 0 Å². The van der Waals surface area contributed by atoms with Crippen LogP contribution < -0.4 is 16.0 Å². The van der Waals surface area contributed by atoms with Gasteiger partial charge in [0, 0.05) is 5.02 Å². The van der Waals surface area contributed by atoms with Gasteiger partial charge in [-0.3, -0.25) is 4.98 Å². The number of aryl methyl sites for hydroxylation is 1. The third-order valence-electron chi connectivity index (χ3n) is 2.64. The Morgan fingerprint density at radius 2 is 2.16 bits per heavy atom. The highest BCUT2D eigenvalue weighted by Crippen LogP contribution is 2.23. The van der Waals surface area contributed by atoms with Crippen LogP contribution in [0.3, 0.4) is 0 Å². The molecule has 1 aromatic heterocycles. The van der Waals surface area contributed by atoms with E-state index in [2.05, 4.69) is 22.3 Å². The van der Waals surface area contributed by atoms with Crippen molar-refractivity contribution in [2.45, 2.75) is 20.0 Å². The zero-order valence-electron chi connectivity index (χ0n) is 10.6. The van der Waals surface area contributed by atoms with E-state index in [1.54, 1.807) is 12.4 Å². The second-order valence-electron chi connectivity index (χ2n) is 3.93. The van der Waals surface area contributed by atoms with Crippen molar-refractivity contribution in [1.29, 1.82) is 0 Å². The summed E-state index contributed by atoms with van der Waals surface area (Å²) in [7, 11) is 0. The molecule has 0 fully saturated rings. The lowest BCUT2D eigenvalue weighted by Crippen LogP contribution is -2.09. The SMILES string of the molecule is CCc1cc(OCc2cnc(NN)cn2)ccc1Cl. The maximum atomic E-state index is 6.05. The summed E-state index contributed by atoms with van der Waals surface area (Å²) in [5.41, 5.74) is 4.21. The van der Waals surface area contributed by atoms with Gasteiger partial charge in [0.05, 0.1) is 18.1 Å². The maximum Gasteiger partial charge on any atom is 0.158 e. The highest BCUT2D eigenvalue weighted by molar-refractivity contribution is 6.31. The van der Waals surface area contributed by atoms with Crippen LogP contribution in [-0.2, 0) is 13.0 Å². The molecule has 100 valence electrons. The van der Waals surface area contributed by atoms with Crippen LogP contribution in [0.5, 0.6) is 5.75 Å². The van der Waals surface area contributed by atoms with E-state index in [1.807, 2.05) is 18.2 Å². The molecule has 1 heterocycles. The van der Waals surface area contributed by atoms with Gasteiger partial charge < -0.3 is 10.2 Å². The molecule has 2 aromatic rings. The van der Waals surface area contributed by atoms with Crippen LogP contribution >= 0.6 is 11.6 Å². The molecule has 19 heavy (non-hydrogen) atoms. The predicted molar refractivity (Wildman–Crippen MR) is 75.0 cm³/mol. The molecule has 0 amide bonds. The van der Waals surface area contributed by atoms with Crippen molar-refractivity contribution in [2.75, 3.05) is 5.43 Å². The number of rotatable bonds is 5. The number of halogens is 1. The van der Waals surface area contributed by atoms with E-state index in [0.29, 0.717) is 12.4 Å². The van der Waals surface area contributed by atoms with Crippen LogP contribution in [0.25, 0.3) is 0 Å². The first-order valence-corrected chi connectivity index (χ1v) is 6.29. The van der Waals surface area contributed by atoms with E-state index < -0.39 is 0 Å². The zero-order valence-corrected chi connectivity index (χ0v) is 11.3. The van der Waals surface area contributed by atoms with Gasteiger partial charge in [-0.25, -0.2) is 10.8 Å². The van der Waals surface area contributed by atoms with Crippen LogP contribution in [0.2, 0.25) is 5.02 Å². The topological polar surface area (TPSA) is 73.1 Å². The molecule has 1 aromatic carbocycles. The Morgan fingerprint density at radius 1 is 1.32 bits per heavy atom. The fourth-order valence-corrected chi connectivity index (χ4v) is 1.82. The molecular formula is C13H15ClN4O. The number of nitrogens with one attached hydrogen (secondary N) is 1. The van der Waals surface area contributed by atoms with E-state index in [-0.39, 0.29) is 0 Å². The third-order valence-corrected chi connectivity index (χ3v) is 3.01. The lowest BCUT2D eigenvalue weighted by molar-refractivity contribution is 0.300. The molecule has 0 unspecified atom stereocenters. The average molecular weight is 279 g/mol. The Balaban J connectivity index is 2.01. The van der Waals surface area contributed by atoms with Crippen molar-refractivity contribution >= 4 is 17.4 Å². The van der Waals surface area contributed by atoms with E-state index in [4.69, 9.17) is 22.2 Å². The summed E-state index contributed by atoms with van der Waals surface area (Å²) in [6.07, 6.45) is 4.04. The van der Waals surface area contributed by atoms with Crippen molar-refractivity contribution in [3.05, 3.63) is 46.9 Å². The minimum absolute atomic E-state index is 0.350. The van der Waals surface area contributed by atoms with Gasteiger partial charge in [0.1, 0.15) is 12.4 Å². The second kappa shape index (κ2) is 6.36. The minimum atomic E-state index is 0.350. The first kappa shape index (κ1) is 13.6. The largest absolute Gasteiger partial charge is 0.487 e. The number of anilines is 1. The van der Waals surface area contributed by atoms with Gasteiger partial charge in [0.2, 0.25) is 0 Å². The number of nitrogen functional groups attached to an aromatic ring is 1. The second-order valence-corrected chi connectivity index (χ2v) is 4.34. The molecule has 0 aliphatic carbocycles. The van der Waals surface area contributed by atoms with Crippen LogP contribution in [0.4, 0.5) is 5.82 Å². The van der Waals surface area contributed by atoms with E-state index in [0.717, 1.165) is 28.5 Å². The minimum Gasteiger partial charge on any atom is -0.487 e. The maximum absolute atomic E-state index is 6.05. The number of hydrogen-bond donors (Lipinski definition) is 2. The van der Waals surface area contributed by atoms with Gasteiger partial charge in [-0.15, -0.1) is 0 Å². The van der Waals surface area contributed by atoms with Crippen LogP contribution in [0, 0.1) is 0 Å². The van der Waals surface area contributed by atoms with E-state index in [9.17, 15) is 0 Å². The summed E-state index contributed by atoms with van der Waals surface area (Å²) in [4.78, 5) is 8.23. The molecule has 6 heteroatoms. The molecule has 0 aliphatic heterocycles. The molecule has 0 spiro atoms. The van der Waals surface area contributed by atoms with Crippen molar-refractivity contribution in [2.24, 2.45) is 5.84 Å². The van der Waals surface area contributed by atoms with Crippen LogP contribution in [-0.4, -0.2) is 9.97 Å². The van der Waals surface area contributed by atoms with Gasteiger partial charge in [0.25, 0.3) is 0 Å². The molecule has 0 saturated heterocycles. The summed E-state index contributed by atoms with van der Waals surface area (Å²) in [6.45, 7) is 2.40. The normalized spacial score (nSPS) is 10.3. The Labute approximate surface area is 116 Å². The number of benzene rings is 1. The third kappa shape index (κ3) is 3.56. The predicted octanol–water partition coefficient (Wildman–Crippen LogP) is 2.56. The summed E-state index contributed by atoms with van der Waals surface area (Å²) in [5, 5.41) is 0.757. The Hall–Kier alpha value is -1.85. The quantitative estimate of drug-likeness (QED) is 0.649. The van der Waals surface area contributed by atoms with Gasteiger partial charge >= 0.3 is 0 Å². The Morgan fingerprint density at radius 3 is 2.79 bits per heavy atom. The number of hydrogen-bond acceptors (Lipinski definition) is 5. The van der Waals surface area contributed by atoms with Crippen molar-refractivity contribution < 1.29 is 4.74 Å². The van der Waals surface area contributed by atoms with Gasteiger partial charge in [-0.05, 0) is 30.2 Å². The lowest BCUT2D eigenvalue weighted by atomic mass is 10.1. The molecule has 0 aliphatic rings. The Kier molecular flexibility index (Phi) is 4.54. The van der Waals surface area contributed by atoms with Gasteiger partial charge in [0.15, 0.2) is 5.82 Å². The molecule has 5 nitrogen and oxygen atoms in total. The first-order chi connectivity index (χ1) is 9.22. The molecule has 0 atom stereocenters. The number of aromatic nitrogens is 2. The molecular weight excluding hydrogens is 264 g/mol. The standard InChI is InChI=1S/C13H15ClN4O/c1-2-9-5-11(3-4-12(9)14)19-8-10-6-17-13(18-15)7-16-10/h3-7H,2,8,15H2,1H3,(H,17,18). The molecule has 0 bridgehead atoms. The highest BCUT2D eigenvalue weighted by atomic mass is 35.5. The fraction of sp³-hybridized carbons (Fsp3) is 0.231.